The maximum absolute atomic E-state index is 3.54. The molecule has 1 aliphatic carbocycles. The van der Waals surface area contributed by atoms with E-state index in [1.54, 1.807) is 0 Å². The molecule has 1 N–H and O–H groups in total. The lowest BCUT2D eigenvalue weighted by atomic mass is 9.64. The molecule has 0 amide bonds. The highest BCUT2D eigenvalue weighted by Gasteiger charge is 2.40. The van der Waals surface area contributed by atoms with E-state index in [-0.39, 0.29) is 0 Å². The summed E-state index contributed by atoms with van der Waals surface area (Å²) in [6.45, 7) is 13.8. The van der Waals surface area contributed by atoms with Crippen molar-refractivity contribution in [1.82, 2.24) is 5.32 Å². The standard InChI is InChI=1S/C13H25N.C2H6/c1-12(2,3)11-4-6-13(7-5-11)8-9-14-10-13;1-2/h11,14H,4-10H2,1-3H3;1-2H3. The molecule has 1 saturated carbocycles. The van der Waals surface area contributed by atoms with Crippen LogP contribution in [0.1, 0.15) is 66.7 Å². The summed E-state index contributed by atoms with van der Waals surface area (Å²) in [6, 6.07) is 0. The van der Waals surface area contributed by atoms with Crippen LogP contribution in [0.3, 0.4) is 0 Å². The van der Waals surface area contributed by atoms with E-state index in [0.29, 0.717) is 10.8 Å². The first-order chi connectivity index (χ1) is 7.52. The molecule has 0 atom stereocenters. The lowest BCUT2D eigenvalue weighted by molar-refractivity contribution is 0.100. The van der Waals surface area contributed by atoms with Gasteiger partial charge in [-0.25, -0.2) is 0 Å². The van der Waals surface area contributed by atoms with Gasteiger partial charge in [0.15, 0.2) is 0 Å². The second kappa shape index (κ2) is 5.53. The maximum atomic E-state index is 3.54. The maximum Gasteiger partial charge on any atom is 0.000829 e. The van der Waals surface area contributed by atoms with E-state index in [1.165, 1.54) is 45.2 Å². The molecule has 1 heterocycles. The van der Waals surface area contributed by atoms with Gasteiger partial charge < -0.3 is 5.32 Å². The predicted octanol–water partition coefficient (Wildman–Crippen LogP) is 4.23. The Hall–Kier alpha value is -0.0400. The topological polar surface area (TPSA) is 12.0 Å². The van der Waals surface area contributed by atoms with Gasteiger partial charge in [-0.1, -0.05) is 34.6 Å². The molecule has 1 nitrogen and oxygen atoms in total. The molecular formula is C15H31N. The Kier molecular flexibility index (Phi) is 4.85. The number of hydrogen-bond donors (Lipinski definition) is 1. The van der Waals surface area contributed by atoms with Gasteiger partial charge in [0.2, 0.25) is 0 Å². The Labute approximate surface area is 102 Å². The van der Waals surface area contributed by atoms with Crippen molar-refractivity contribution in [2.45, 2.75) is 66.7 Å². The fraction of sp³-hybridized carbons (Fsp3) is 1.00. The van der Waals surface area contributed by atoms with Crippen LogP contribution in [0.5, 0.6) is 0 Å². The van der Waals surface area contributed by atoms with Crippen LogP contribution < -0.4 is 5.32 Å². The van der Waals surface area contributed by atoms with E-state index in [4.69, 9.17) is 0 Å². The van der Waals surface area contributed by atoms with Crippen LogP contribution in [-0.2, 0) is 0 Å². The smallest absolute Gasteiger partial charge is 0.000829 e. The summed E-state index contributed by atoms with van der Waals surface area (Å²) in [5.74, 6) is 0.966. The van der Waals surface area contributed by atoms with Crippen molar-refractivity contribution < 1.29 is 0 Å². The molecule has 0 radical (unpaired) electrons. The number of nitrogens with one attached hydrogen (secondary N) is 1. The van der Waals surface area contributed by atoms with Crippen LogP contribution >= 0.6 is 0 Å². The van der Waals surface area contributed by atoms with E-state index in [0.717, 1.165) is 5.92 Å². The highest BCUT2D eigenvalue weighted by molar-refractivity contribution is 4.93. The third-order valence-corrected chi connectivity index (χ3v) is 4.60. The second-order valence-electron chi connectivity index (χ2n) is 6.57. The Morgan fingerprint density at radius 2 is 1.56 bits per heavy atom. The van der Waals surface area contributed by atoms with Gasteiger partial charge in [0.25, 0.3) is 0 Å². The molecular weight excluding hydrogens is 194 g/mol. The molecule has 96 valence electrons. The van der Waals surface area contributed by atoms with E-state index in [2.05, 4.69) is 26.1 Å². The molecule has 0 aromatic carbocycles. The van der Waals surface area contributed by atoms with Crippen molar-refractivity contribution in [3.63, 3.8) is 0 Å². The van der Waals surface area contributed by atoms with Gasteiger partial charge in [-0.3, -0.25) is 0 Å². The molecule has 2 aliphatic rings. The fourth-order valence-electron chi connectivity index (χ4n) is 3.32. The lowest BCUT2D eigenvalue weighted by Crippen LogP contribution is -2.33. The molecule has 1 saturated heterocycles. The first-order valence-corrected chi connectivity index (χ1v) is 7.23. The molecule has 1 spiro atoms. The Morgan fingerprint density at radius 3 is 1.94 bits per heavy atom. The predicted molar refractivity (Wildman–Crippen MR) is 72.7 cm³/mol. The number of rotatable bonds is 0. The van der Waals surface area contributed by atoms with Gasteiger partial charge in [0.1, 0.15) is 0 Å². The first-order valence-electron chi connectivity index (χ1n) is 7.23. The second-order valence-corrected chi connectivity index (χ2v) is 6.57. The van der Waals surface area contributed by atoms with Crippen LogP contribution in [-0.4, -0.2) is 13.1 Å². The van der Waals surface area contributed by atoms with Crippen molar-refractivity contribution in [2.75, 3.05) is 13.1 Å². The Bertz CT molecular complexity index is 186. The highest BCUT2D eigenvalue weighted by atomic mass is 14.9. The van der Waals surface area contributed by atoms with Crippen molar-refractivity contribution in [3.05, 3.63) is 0 Å². The molecule has 0 bridgehead atoms. The van der Waals surface area contributed by atoms with Crippen LogP contribution in [0.25, 0.3) is 0 Å². The van der Waals surface area contributed by atoms with E-state index < -0.39 is 0 Å². The van der Waals surface area contributed by atoms with E-state index >= 15 is 0 Å². The summed E-state index contributed by atoms with van der Waals surface area (Å²) in [6.07, 6.45) is 7.31. The Morgan fingerprint density at radius 1 is 1.00 bits per heavy atom. The molecule has 16 heavy (non-hydrogen) atoms. The van der Waals surface area contributed by atoms with Gasteiger partial charge in [-0.05, 0) is 55.4 Å². The summed E-state index contributed by atoms with van der Waals surface area (Å²) in [4.78, 5) is 0. The quantitative estimate of drug-likeness (QED) is 0.650. The minimum absolute atomic E-state index is 0.535. The summed E-state index contributed by atoms with van der Waals surface area (Å²) >= 11 is 0. The van der Waals surface area contributed by atoms with E-state index in [1.807, 2.05) is 13.8 Å². The first kappa shape index (κ1) is 14.0. The lowest BCUT2D eigenvalue weighted by Gasteiger charge is -2.42. The average Bonchev–Trinajstić information content (AvgIpc) is 2.69. The van der Waals surface area contributed by atoms with E-state index in [9.17, 15) is 0 Å². The zero-order valence-corrected chi connectivity index (χ0v) is 12.0. The average molecular weight is 225 g/mol. The van der Waals surface area contributed by atoms with Crippen LogP contribution in [0.4, 0.5) is 0 Å². The normalized spacial score (nSPS) is 34.7. The SMILES string of the molecule is CC.CC(C)(C)C1CCC2(CCNC2)CC1. The Balaban J connectivity index is 0.000000606. The van der Waals surface area contributed by atoms with Crippen LogP contribution in [0, 0.1) is 16.7 Å². The van der Waals surface area contributed by atoms with Gasteiger partial charge >= 0.3 is 0 Å². The summed E-state index contributed by atoms with van der Waals surface area (Å²) < 4.78 is 0. The van der Waals surface area contributed by atoms with Gasteiger partial charge in [-0.15, -0.1) is 0 Å². The molecule has 1 heteroatoms. The van der Waals surface area contributed by atoms with Gasteiger partial charge in [0.05, 0.1) is 0 Å². The minimum Gasteiger partial charge on any atom is -0.316 e. The summed E-state index contributed by atoms with van der Waals surface area (Å²) in [7, 11) is 0. The zero-order valence-electron chi connectivity index (χ0n) is 12.0. The minimum atomic E-state index is 0.535. The van der Waals surface area contributed by atoms with Crippen molar-refractivity contribution >= 4 is 0 Å². The van der Waals surface area contributed by atoms with Crippen molar-refractivity contribution in [2.24, 2.45) is 16.7 Å². The summed E-state index contributed by atoms with van der Waals surface area (Å²) in [5, 5.41) is 3.54. The molecule has 0 aromatic rings. The van der Waals surface area contributed by atoms with Gasteiger partial charge in [-0.2, -0.15) is 0 Å². The zero-order chi connectivity index (χ0) is 12.2. The third-order valence-electron chi connectivity index (χ3n) is 4.60. The molecule has 2 fully saturated rings. The van der Waals surface area contributed by atoms with Crippen LogP contribution in [0.15, 0.2) is 0 Å². The summed E-state index contributed by atoms with van der Waals surface area (Å²) in [5.41, 5.74) is 1.25. The third kappa shape index (κ3) is 3.23. The monoisotopic (exact) mass is 225 g/mol. The highest BCUT2D eigenvalue weighted by Crippen LogP contribution is 2.47. The number of hydrogen-bond acceptors (Lipinski definition) is 1. The van der Waals surface area contributed by atoms with Gasteiger partial charge in [0, 0.05) is 6.54 Å². The van der Waals surface area contributed by atoms with Crippen molar-refractivity contribution in [1.29, 1.82) is 0 Å². The molecule has 0 unspecified atom stereocenters. The fourth-order valence-corrected chi connectivity index (χ4v) is 3.32. The molecule has 2 rings (SSSR count). The molecule has 0 aromatic heterocycles. The molecule has 1 aliphatic heterocycles. The van der Waals surface area contributed by atoms with Crippen molar-refractivity contribution in [3.8, 4) is 0 Å². The van der Waals surface area contributed by atoms with Crippen LogP contribution in [0.2, 0.25) is 0 Å². The largest absolute Gasteiger partial charge is 0.316 e.